The zero-order valence-electron chi connectivity index (χ0n) is 18.7. The van der Waals surface area contributed by atoms with Gasteiger partial charge >= 0.3 is 0 Å². The van der Waals surface area contributed by atoms with Gasteiger partial charge < -0.3 is 19.5 Å². The predicted molar refractivity (Wildman–Crippen MR) is 127 cm³/mol. The van der Waals surface area contributed by atoms with E-state index in [9.17, 15) is 17.6 Å². The van der Waals surface area contributed by atoms with Crippen molar-refractivity contribution in [2.24, 2.45) is 0 Å². The smallest absolute Gasteiger partial charge is 0.261 e. The fourth-order valence-electron chi connectivity index (χ4n) is 2.94. The largest absolute Gasteiger partial charge is 0.494 e. The minimum Gasteiger partial charge on any atom is -0.494 e. The van der Waals surface area contributed by atoms with Gasteiger partial charge in [-0.25, -0.2) is 12.8 Å². The third-order valence-electron chi connectivity index (χ3n) is 4.56. The van der Waals surface area contributed by atoms with Gasteiger partial charge in [0.05, 0.1) is 18.1 Å². The van der Waals surface area contributed by atoms with E-state index in [0.717, 1.165) is 6.07 Å². The molecule has 10 heteroatoms. The SMILES string of the molecule is CCOc1ccc(NS(=O)(=O)c2cccc(C(=O)Nc3ccc(OCCOC)c(F)c3)c2)cc1. The summed E-state index contributed by atoms with van der Waals surface area (Å²) in [6, 6.07) is 16.0. The predicted octanol–water partition coefficient (Wildman–Crippen LogP) is 4.30. The Morgan fingerprint density at radius 1 is 0.941 bits per heavy atom. The van der Waals surface area contributed by atoms with Crippen LogP contribution in [0.3, 0.4) is 0 Å². The van der Waals surface area contributed by atoms with Crippen LogP contribution in [0.25, 0.3) is 0 Å². The molecule has 0 heterocycles. The molecule has 0 atom stereocenters. The van der Waals surface area contributed by atoms with E-state index < -0.39 is 21.7 Å². The van der Waals surface area contributed by atoms with Crippen LogP contribution < -0.4 is 19.5 Å². The summed E-state index contributed by atoms with van der Waals surface area (Å²) in [7, 11) is -2.44. The molecule has 8 nitrogen and oxygen atoms in total. The number of nitrogens with one attached hydrogen (secondary N) is 2. The number of rotatable bonds is 11. The molecule has 0 saturated heterocycles. The number of carbonyl (C=O) groups excluding carboxylic acids is 1. The molecule has 34 heavy (non-hydrogen) atoms. The summed E-state index contributed by atoms with van der Waals surface area (Å²) in [6.45, 7) is 2.85. The monoisotopic (exact) mass is 488 g/mol. The molecule has 180 valence electrons. The Hall–Kier alpha value is -3.63. The summed E-state index contributed by atoms with van der Waals surface area (Å²) < 4.78 is 57.7. The summed E-state index contributed by atoms with van der Waals surface area (Å²) in [5, 5.41) is 2.55. The summed E-state index contributed by atoms with van der Waals surface area (Å²) in [4.78, 5) is 12.6. The molecule has 3 aromatic carbocycles. The number of hydrogen-bond donors (Lipinski definition) is 2. The number of amides is 1. The number of halogens is 1. The Morgan fingerprint density at radius 3 is 2.35 bits per heavy atom. The Labute approximate surface area is 197 Å². The molecule has 1 amide bonds. The maximum atomic E-state index is 14.2. The zero-order chi connectivity index (χ0) is 24.6. The van der Waals surface area contributed by atoms with Crippen LogP contribution in [0.4, 0.5) is 15.8 Å². The van der Waals surface area contributed by atoms with Crippen molar-refractivity contribution in [2.75, 3.05) is 37.0 Å². The Balaban J connectivity index is 1.70. The Kier molecular flexibility index (Phi) is 8.44. The van der Waals surface area contributed by atoms with Gasteiger partial charge in [0.25, 0.3) is 15.9 Å². The standard InChI is InChI=1S/C24H25FN2O6S/c1-3-32-20-10-7-18(8-11-20)27-34(29,30)21-6-4-5-17(15-21)24(28)26-19-9-12-23(22(25)16-19)33-14-13-31-2/h4-12,15-16,27H,3,13-14H2,1-2H3,(H,26,28). The van der Waals surface area contributed by atoms with E-state index in [1.807, 2.05) is 6.92 Å². The number of hydrogen-bond acceptors (Lipinski definition) is 6. The average molecular weight is 489 g/mol. The lowest BCUT2D eigenvalue weighted by atomic mass is 10.2. The summed E-state index contributed by atoms with van der Waals surface area (Å²) in [5.41, 5.74) is 0.638. The maximum Gasteiger partial charge on any atom is 0.261 e. The van der Waals surface area contributed by atoms with Crippen LogP contribution >= 0.6 is 0 Å². The lowest BCUT2D eigenvalue weighted by molar-refractivity contribution is 0.102. The van der Waals surface area contributed by atoms with Gasteiger partial charge in [-0.2, -0.15) is 0 Å². The molecule has 0 radical (unpaired) electrons. The van der Waals surface area contributed by atoms with Gasteiger partial charge in [0.1, 0.15) is 12.4 Å². The second-order valence-electron chi connectivity index (χ2n) is 7.03. The van der Waals surface area contributed by atoms with Gasteiger partial charge in [0.15, 0.2) is 11.6 Å². The van der Waals surface area contributed by atoms with Gasteiger partial charge in [-0.05, 0) is 61.5 Å². The van der Waals surface area contributed by atoms with Crippen LogP contribution in [0.2, 0.25) is 0 Å². The molecule has 3 aromatic rings. The van der Waals surface area contributed by atoms with E-state index in [0.29, 0.717) is 24.7 Å². The van der Waals surface area contributed by atoms with Crippen LogP contribution in [-0.4, -0.2) is 41.3 Å². The number of benzene rings is 3. The second kappa shape index (κ2) is 11.5. The molecule has 3 rings (SSSR count). The van der Waals surface area contributed by atoms with Gasteiger partial charge in [-0.3, -0.25) is 9.52 Å². The van der Waals surface area contributed by atoms with Gasteiger partial charge in [-0.1, -0.05) is 6.07 Å². The molecule has 0 aliphatic rings. The Morgan fingerprint density at radius 2 is 1.68 bits per heavy atom. The van der Waals surface area contributed by atoms with Crippen molar-refractivity contribution in [3.63, 3.8) is 0 Å². The minimum absolute atomic E-state index is 0.0310. The number of anilines is 2. The molecular formula is C24H25FN2O6S. The Bertz CT molecular complexity index is 1230. The number of methoxy groups -OCH3 is 1. The first-order chi connectivity index (χ1) is 16.3. The first-order valence-corrected chi connectivity index (χ1v) is 11.9. The fraction of sp³-hybridized carbons (Fsp3) is 0.208. The van der Waals surface area contributed by atoms with Crippen molar-refractivity contribution in [1.29, 1.82) is 0 Å². The second-order valence-corrected chi connectivity index (χ2v) is 8.71. The van der Waals surface area contributed by atoms with Gasteiger partial charge in [0.2, 0.25) is 0 Å². The lowest BCUT2D eigenvalue weighted by Gasteiger charge is -2.11. The van der Waals surface area contributed by atoms with Crippen molar-refractivity contribution in [3.8, 4) is 11.5 Å². The van der Waals surface area contributed by atoms with Crippen LogP contribution in [0.1, 0.15) is 17.3 Å². The lowest BCUT2D eigenvalue weighted by Crippen LogP contribution is -2.16. The molecule has 0 aliphatic heterocycles. The highest BCUT2D eigenvalue weighted by Crippen LogP contribution is 2.23. The molecule has 0 spiro atoms. The molecule has 0 unspecified atom stereocenters. The quantitative estimate of drug-likeness (QED) is 0.390. The highest BCUT2D eigenvalue weighted by molar-refractivity contribution is 7.92. The fourth-order valence-corrected chi connectivity index (χ4v) is 4.04. The topological polar surface area (TPSA) is 103 Å². The van der Waals surface area contributed by atoms with Crippen LogP contribution in [-0.2, 0) is 14.8 Å². The minimum atomic E-state index is -3.95. The van der Waals surface area contributed by atoms with Gasteiger partial charge in [0, 0.05) is 30.1 Å². The maximum absolute atomic E-state index is 14.2. The summed E-state index contributed by atoms with van der Waals surface area (Å²) in [6.07, 6.45) is 0. The molecule has 0 bridgehead atoms. The number of ether oxygens (including phenoxy) is 3. The third-order valence-corrected chi connectivity index (χ3v) is 5.94. The highest BCUT2D eigenvalue weighted by Gasteiger charge is 2.17. The summed E-state index contributed by atoms with van der Waals surface area (Å²) in [5.74, 6) is -0.589. The van der Waals surface area contributed by atoms with E-state index in [1.54, 1.807) is 24.3 Å². The van der Waals surface area contributed by atoms with E-state index in [-0.39, 0.29) is 28.5 Å². The van der Waals surface area contributed by atoms with Crippen molar-refractivity contribution >= 4 is 27.3 Å². The van der Waals surface area contributed by atoms with Crippen molar-refractivity contribution in [3.05, 3.63) is 78.1 Å². The molecule has 0 aliphatic carbocycles. The normalized spacial score (nSPS) is 11.0. The molecule has 0 aromatic heterocycles. The molecule has 0 fully saturated rings. The number of sulfonamides is 1. The van der Waals surface area contributed by atoms with Crippen LogP contribution in [0, 0.1) is 5.82 Å². The molecular weight excluding hydrogens is 463 g/mol. The average Bonchev–Trinajstić information content (AvgIpc) is 2.82. The molecule has 2 N–H and O–H groups in total. The van der Waals surface area contributed by atoms with Crippen LogP contribution in [0.15, 0.2) is 71.6 Å². The first-order valence-electron chi connectivity index (χ1n) is 10.4. The third kappa shape index (κ3) is 6.69. The highest BCUT2D eigenvalue weighted by atomic mass is 32.2. The zero-order valence-corrected chi connectivity index (χ0v) is 19.5. The number of carbonyl (C=O) groups is 1. The van der Waals surface area contributed by atoms with E-state index in [1.165, 1.54) is 43.5 Å². The first kappa shape index (κ1) is 25.0. The van der Waals surface area contributed by atoms with E-state index >= 15 is 0 Å². The summed E-state index contributed by atoms with van der Waals surface area (Å²) >= 11 is 0. The van der Waals surface area contributed by atoms with E-state index in [4.69, 9.17) is 14.2 Å². The van der Waals surface area contributed by atoms with E-state index in [2.05, 4.69) is 10.0 Å². The molecule has 0 saturated carbocycles. The van der Waals surface area contributed by atoms with Crippen molar-refractivity contribution < 1.29 is 31.8 Å². The van der Waals surface area contributed by atoms with Gasteiger partial charge in [-0.15, -0.1) is 0 Å². The van der Waals surface area contributed by atoms with Crippen molar-refractivity contribution in [2.45, 2.75) is 11.8 Å². The van der Waals surface area contributed by atoms with Crippen LogP contribution in [0.5, 0.6) is 11.5 Å². The van der Waals surface area contributed by atoms with Crippen molar-refractivity contribution in [1.82, 2.24) is 0 Å².